The number of hydrogen-bond donors (Lipinski definition) is 0. The summed E-state index contributed by atoms with van der Waals surface area (Å²) in [4.78, 5) is 16.4. The molecule has 0 aliphatic carbocycles. The number of benzene rings is 1. The number of sulfone groups is 1. The van der Waals surface area contributed by atoms with Gasteiger partial charge in [-0.05, 0) is 36.1 Å². The highest BCUT2D eigenvalue weighted by Crippen LogP contribution is 2.29. The monoisotopic (exact) mass is 372 g/mol. The Bertz CT molecular complexity index is 1040. The van der Waals surface area contributed by atoms with Gasteiger partial charge in [-0.2, -0.15) is 0 Å². The van der Waals surface area contributed by atoms with Crippen molar-refractivity contribution in [1.29, 1.82) is 0 Å². The summed E-state index contributed by atoms with van der Waals surface area (Å²) in [7, 11) is -3.40. The van der Waals surface area contributed by atoms with Crippen molar-refractivity contribution in [3.8, 4) is 0 Å². The molecule has 0 N–H and O–H groups in total. The van der Waals surface area contributed by atoms with Gasteiger partial charge in [0.15, 0.2) is 9.84 Å². The molecule has 0 aliphatic rings. The first-order valence-corrected chi connectivity index (χ1v) is 10.2. The van der Waals surface area contributed by atoms with E-state index in [9.17, 15) is 13.2 Å². The fourth-order valence-electron chi connectivity index (χ4n) is 2.95. The SMILES string of the molecule is CCOC(=O)CC(c1cncc(S(C)(=O)=O)c1)n1ccc2ccccc21. The molecule has 1 unspecified atom stereocenters. The fraction of sp³-hybridized carbons (Fsp3) is 0.263. The molecule has 0 spiro atoms. The second kappa shape index (κ2) is 7.29. The molecule has 3 rings (SSSR count). The molecule has 0 fully saturated rings. The average Bonchev–Trinajstić information content (AvgIpc) is 3.03. The van der Waals surface area contributed by atoms with E-state index in [0.717, 1.165) is 17.2 Å². The van der Waals surface area contributed by atoms with E-state index in [-0.39, 0.29) is 17.3 Å². The number of aromatic nitrogens is 2. The molecular weight excluding hydrogens is 352 g/mol. The normalized spacial score (nSPS) is 12.8. The van der Waals surface area contributed by atoms with Gasteiger partial charge in [0.1, 0.15) is 0 Å². The van der Waals surface area contributed by atoms with E-state index >= 15 is 0 Å². The number of rotatable bonds is 6. The molecule has 136 valence electrons. The summed E-state index contributed by atoms with van der Waals surface area (Å²) in [6.45, 7) is 2.05. The predicted octanol–water partition coefficient (Wildman–Crippen LogP) is 2.98. The Labute approximate surface area is 152 Å². The van der Waals surface area contributed by atoms with E-state index in [2.05, 4.69) is 4.98 Å². The van der Waals surface area contributed by atoms with E-state index < -0.39 is 15.9 Å². The molecule has 0 amide bonds. The number of ether oxygens (including phenoxy) is 1. The molecule has 0 saturated carbocycles. The van der Waals surface area contributed by atoms with Crippen molar-refractivity contribution in [2.24, 2.45) is 0 Å². The summed E-state index contributed by atoms with van der Waals surface area (Å²) in [6.07, 6.45) is 6.02. The van der Waals surface area contributed by atoms with E-state index in [0.29, 0.717) is 12.2 Å². The molecule has 0 aliphatic heterocycles. The number of esters is 1. The van der Waals surface area contributed by atoms with Gasteiger partial charge in [-0.3, -0.25) is 9.78 Å². The molecule has 0 bridgehead atoms. The van der Waals surface area contributed by atoms with E-state index in [1.807, 2.05) is 41.1 Å². The van der Waals surface area contributed by atoms with Gasteiger partial charge in [-0.1, -0.05) is 18.2 Å². The Morgan fingerprint density at radius 2 is 2.00 bits per heavy atom. The maximum Gasteiger partial charge on any atom is 0.308 e. The van der Waals surface area contributed by atoms with Crippen LogP contribution in [-0.2, 0) is 19.4 Å². The Morgan fingerprint density at radius 3 is 2.73 bits per heavy atom. The van der Waals surface area contributed by atoms with Gasteiger partial charge in [-0.15, -0.1) is 0 Å². The van der Waals surface area contributed by atoms with Gasteiger partial charge in [0.25, 0.3) is 0 Å². The lowest BCUT2D eigenvalue weighted by Crippen LogP contribution is -2.17. The highest BCUT2D eigenvalue weighted by Gasteiger charge is 2.22. The first-order chi connectivity index (χ1) is 12.4. The zero-order chi connectivity index (χ0) is 18.7. The zero-order valence-corrected chi connectivity index (χ0v) is 15.4. The third kappa shape index (κ3) is 3.77. The van der Waals surface area contributed by atoms with Crippen LogP contribution in [0.3, 0.4) is 0 Å². The summed E-state index contributed by atoms with van der Waals surface area (Å²) in [5, 5.41) is 1.04. The Morgan fingerprint density at radius 1 is 1.23 bits per heavy atom. The zero-order valence-electron chi connectivity index (χ0n) is 14.6. The van der Waals surface area contributed by atoms with Crippen molar-refractivity contribution in [1.82, 2.24) is 9.55 Å². The molecule has 1 atom stereocenters. The summed E-state index contributed by atoms with van der Waals surface area (Å²) >= 11 is 0. The minimum absolute atomic E-state index is 0.0847. The van der Waals surface area contributed by atoms with Gasteiger partial charge < -0.3 is 9.30 Å². The molecule has 2 heterocycles. The molecule has 7 heteroatoms. The van der Waals surface area contributed by atoms with Crippen LogP contribution in [0.2, 0.25) is 0 Å². The summed E-state index contributed by atoms with van der Waals surface area (Å²) in [5.74, 6) is -0.347. The molecule has 26 heavy (non-hydrogen) atoms. The van der Waals surface area contributed by atoms with Crippen molar-refractivity contribution >= 4 is 26.7 Å². The van der Waals surface area contributed by atoms with Crippen molar-refractivity contribution in [2.45, 2.75) is 24.3 Å². The van der Waals surface area contributed by atoms with Crippen LogP contribution in [0.1, 0.15) is 24.9 Å². The maximum atomic E-state index is 12.2. The number of pyridine rings is 1. The number of nitrogens with zero attached hydrogens (tertiary/aromatic N) is 2. The summed E-state index contributed by atoms with van der Waals surface area (Å²) in [5.41, 5.74) is 1.59. The Hall–Kier alpha value is -2.67. The first-order valence-electron chi connectivity index (χ1n) is 8.26. The largest absolute Gasteiger partial charge is 0.466 e. The lowest BCUT2D eigenvalue weighted by atomic mass is 10.1. The molecule has 0 saturated heterocycles. The first kappa shape index (κ1) is 18.1. The predicted molar refractivity (Wildman–Crippen MR) is 98.7 cm³/mol. The molecule has 2 aromatic heterocycles. The van der Waals surface area contributed by atoms with Gasteiger partial charge in [0.2, 0.25) is 0 Å². The van der Waals surface area contributed by atoms with Crippen molar-refractivity contribution in [3.05, 3.63) is 60.6 Å². The smallest absolute Gasteiger partial charge is 0.308 e. The number of hydrogen-bond acceptors (Lipinski definition) is 5. The quantitative estimate of drug-likeness (QED) is 0.622. The Kier molecular flexibility index (Phi) is 5.08. The van der Waals surface area contributed by atoms with Crippen LogP contribution >= 0.6 is 0 Å². The average molecular weight is 372 g/mol. The van der Waals surface area contributed by atoms with Crippen molar-refractivity contribution in [2.75, 3.05) is 12.9 Å². The number of carbonyl (C=O) groups is 1. The van der Waals surface area contributed by atoms with Gasteiger partial charge >= 0.3 is 5.97 Å². The van der Waals surface area contributed by atoms with E-state index in [4.69, 9.17) is 4.74 Å². The number of fused-ring (bicyclic) bond motifs is 1. The van der Waals surface area contributed by atoms with Crippen LogP contribution in [0.15, 0.2) is 59.9 Å². The van der Waals surface area contributed by atoms with Gasteiger partial charge in [-0.25, -0.2) is 8.42 Å². The summed E-state index contributed by atoms with van der Waals surface area (Å²) < 4.78 is 30.8. The maximum absolute atomic E-state index is 12.2. The van der Waals surface area contributed by atoms with E-state index in [1.165, 1.54) is 6.20 Å². The minimum atomic E-state index is -3.40. The molecule has 1 aromatic carbocycles. The van der Waals surface area contributed by atoms with Gasteiger partial charge in [0, 0.05) is 30.4 Å². The molecular formula is C19H20N2O4S. The molecule has 3 aromatic rings. The lowest BCUT2D eigenvalue weighted by molar-refractivity contribution is -0.143. The highest BCUT2D eigenvalue weighted by atomic mass is 32.2. The van der Waals surface area contributed by atoms with Crippen LogP contribution in [-0.4, -0.2) is 36.8 Å². The van der Waals surface area contributed by atoms with E-state index in [1.54, 1.807) is 19.2 Å². The van der Waals surface area contributed by atoms with Crippen molar-refractivity contribution in [3.63, 3.8) is 0 Å². The molecule has 0 radical (unpaired) electrons. The second-order valence-electron chi connectivity index (χ2n) is 6.03. The second-order valence-corrected chi connectivity index (χ2v) is 8.05. The fourth-order valence-corrected chi connectivity index (χ4v) is 3.55. The molecule has 6 nitrogen and oxygen atoms in total. The van der Waals surface area contributed by atoms with Crippen molar-refractivity contribution < 1.29 is 17.9 Å². The van der Waals surface area contributed by atoms with Crippen LogP contribution in [0.5, 0.6) is 0 Å². The number of carbonyl (C=O) groups excluding carboxylic acids is 1. The van der Waals surface area contributed by atoms with Crippen LogP contribution in [0.25, 0.3) is 10.9 Å². The number of para-hydroxylation sites is 1. The highest BCUT2D eigenvalue weighted by molar-refractivity contribution is 7.90. The topological polar surface area (TPSA) is 78.3 Å². The van der Waals surface area contributed by atoms with Crippen LogP contribution in [0.4, 0.5) is 0 Å². The third-order valence-electron chi connectivity index (χ3n) is 4.18. The minimum Gasteiger partial charge on any atom is -0.466 e. The third-order valence-corrected chi connectivity index (χ3v) is 5.26. The standard InChI is InChI=1S/C19H20N2O4S/c1-3-25-19(22)11-18(15-10-16(13-20-12-15)26(2,23)24)21-9-8-14-6-4-5-7-17(14)21/h4-10,12-13,18H,3,11H2,1-2H3. The lowest BCUT2D eigenvalue weighted by Gasteiger charge is -2.20. The summed E-state index contributed by atoms with van der Waals surface area (Å²) in [6, 6.07) is 10.9. The van der Waals surface area contributed by atoms with Crippen LogP contribution < -0.4 is 0 Å². The Balaban J connectivity index is 2.11. The van der Waals surface area contributed by atoms with Gasteiger partial charge in [0.05, 0.1) is 24.0 Å². The van der Waals surface area contributed by atoms with Crippen LogP contribution in [0, 0.1) is 0 Å².